The number of allylic oxidation sites excluding steroid dienone is 2. The smallest absolute Gasteiger partial charge is 0.348 e. The second-order valence-corrected chi connectivity index (χ2v) is 17.5. The van der Waals surface area contributed by atoms with Gasteiger partial charge in [-0.25, -0.2) is 4.79 Å². The predicted octanol–water partition coefficient (Wildman–Crippen LogP) is 7.33. The van der Waals surface area contributed by atoms with Gasteiger partial charge in [-0.05, 0) is 61.2 Å². The van der Waals surface area contributed by atoms with Crippen molar-refractivity contribution < 1.29 is 23.5 Å². The third kappa shape index (κ3) is 5.38. The molecule has 0 aromatic rings. The molecule has 2 atom stereocenters. The van der Waals surface area contributed by atoms with Gasteiger partial charge >= 0.3 is 5.97 Å². The predicted molar refractivity (Wildman–Crippen MR) is 140 cm³/mol. The summed E-state index contributed by atoms with van der Waals surface area (Å²) in [5.41, 5.74) is 1.23. The molecular weight excluding hydrogens is 444 g/mol. The lowest BCUT2D eigenvalue weighted by atomic mass is 9.58. The fourth-order valence-electron chi connectivity index (χ4n) is 5.57. The van der Waals surface area contributed by atoms with Gasteiger partial charge in [-0.1, -0.05) is 61.3 Å². The number of esters is 1. The van der Waals surface area contributed by atoms with Gasteiger partial charge in [0.05, 0.1) is 6.10 Å². The van der Waals surface area contributed by atoms with Crippen molar-refractivity contribution in [1.82, 2.24) is 0 Å². The second kappa shape index (κ2) is 9.57. The lowest BCUT2D eigenvalue weighted by Gasteiger charge is -2.50. The molecule has 0 saturated heterocycles. The average molecular weight is 493 g/mol. The van der Waals surface area contributed by atoms with Gasteiger partial charge in [-0.2, -0.15) is 0 Å². The number of ether oxygens (including phenoxy) is 2. The van der Waals surface area contributed by atoms with E-state index in [1.54, 1.807) is 20.8 Å². The summed E-state index contributed by atoms with van der Waals surface area (Å²) in [6.45, 7) is 27.0. The molecule has 0 aromatic heterocycles. The Morgan fingerprint density at radius 1 is 1.09 bits per heavy atom. The van der Waals surface area contributed by atoms with Crippen LogP contribution < -0.4 is 0 Å². The summed E-state index contributed by atoms with van der Waals surface area (Å²) in [5.74, 6) is -0.921. The Bertz CT molecular complexity index is 881. The number of Topliss-reactive ketones (excluding diaryl/α,β-unsaturated/α-hetero) is 1. The van der Waals surface area contributed by atoms with Crippen LogP contribution in [0.2, 0.25) is 18.1 Å². The molecule has 1 aliphatic heterocycles. The topological polar surface area (TPSA) is 61.8 Å². The quantitative estimate of drug-likeness (QED) is 0.211. The molecule has 194 valence electrons. The minimum atomic E-state index is -2.09. The first-order chi connectivity index (χ1) is 15.3. The molecule has 2 aliphatic rings. The highest BCUT2D eigenvalue weighted by Crippen LogP contribution is 2.52. The van der Waals surface area contributed by atoms with Gasteiger partial charge in [-0.15, -0.1) is 0 Å². The molecule has 0 N–H and O–H groups in total. The van der Waals surface area contributed by atoms with Crippen LogP contribution in [-0.4, -0.2) is 32.0 Å². The molecule has 0 amide bonds. The van der Waals surface area contributed by atoms with Crippen LogP contribution in [0.3, 0.4) is 0 Å². The normalized spacial score (nSPS) is 25.4. The van der Waals surface area contributed by atoms with Crippen LogP contribution in [0.25, 0.3) is 0 Å². The third-order valence-electron chi connectivity index (χ3n) is 8.53. The fraction of sp³-hybridized carbons (Fsp3) is 0.786. The van der Waals surface area contributed by atoms with Crippen LogP contribution in [0.15, 0.2) is 22.5 Å². The van der Waals surface area contributed by atoms with Crippen molar-refractivity contribution in [1.29, 1.82) is 0 Å². The summed E-state index contributed by atoms with van der Waals surface area (Å²) in [6, 6.07) is 0. The van der Waals surface area contributed by atoms with Crippen LogP contribution in [0.4, 0.5) is 0 Å². The van der Waals surface area contributed by atoms with Gasteiger partial charge in [0, 0.05) is 19.4 Å². The lowest BCUT2D eigenvalue weighted by Crippen LogP contribution is -2.50. The van der Waals surface area contributed by atoms with Crippen molar-refractivity contribution in [2.24, 2.45) is 17.3 Å². The molecule has 0 fully saturated rings. The van der Waals surface area contributed by atoms with E-state index in [2.05, 4.69) is 61.6 Å². The zero-order valence-electron chi connectivity index (χ0n) is 23.9. The highest BCUT2D eigenvalue weighted by atomic mass is 28.4. The third-order valence-corrected chi connectivity index (χ3v) is 13.0. The first kappa shape index (κ1) is 28.8. The zero-order valence-corrected chi connectivity index (χ0v) is 24.9. The molecule has 0 aromatic carbocycles. The van der Waals surface area contributed by atoms with E-state index in [0.717, 1.165) is 24.8 Å². The first-order valence-electron chi connectivity index (χ1n) is 12.9. The molecule has 1 aliphatic carbocycles. The van der Waals surface area contributed by atoms with Crippen molar-refractivity contribution in [2.45, 2.75) is 125 Å². The van der Waals surface area contributed by atoms with Crippen molar-refractivity contribution in [3.8, 4) is 0 Å². The molecule has 5 nitrogen and oxygen atoms in total. The van der Waals surface area contributed by atoms with Gasteiger partial charge in [0.15, 0.2) is 14.1 Å². The zero-order chi connectivity index (χ0) is 26.4. The number of carbonyl (C=O) groups excluding carboxylic acids is 2. The van der Waals surface area contributed by atoms with Crippen LogP contribution in [0.5, 0.6) is 0 Å². The standard InChI is InChI=1S/C28H48O5Si/c1-14-19(15-2)20-16-21(33-34(12,13)26(5,6)7)17(3)23(27(20,8)9)24(29)22-18(4)31-28(10,11)32-25(22)30/h19-21H,14-16H2,1-13H3/t20-,21-/m0/s1. The van der Waals surface area contributed by atoms with E-state index in [1.807, 2.05) is 6.92 Å². The number of hydrogen-bond donors (Lipinski definition) is 0. The number of carbonyl (C=O) groups is 2. The molecular formula is C28H48O5Si. The van der Waals surface area contributed by atoms with Gasteiger partial charge in [-0.3, -0.25) is 4.79 Å². The monoisotopic (exact) mass is 492 g/mol. The molecule has 1 heterocycles. The Morgan fingerprint density at radius 3 is 2.06 bits per heavy atom. The number of ketones is 1. The van der Waals surface area contributed by atoms with E-state index in [9.17, 15) is 9.59 Å². The molecule has 34 heavy (non-hydrogen) atoms. The van der Waals surface area contributed by atoms with Crippen molar-refractivity contribution in [3.63, 3.8) is 0 Å². The molecule has 0 unspecified atom stereocenters. The Morgan fingerprint density at radius 2 is 1.62 bits per heavy atom. The summed E-state index contributed by atoms with van der Waals surface area (Å²) in [6.07, 6.45) is 2.83. The van der Waals surface area contributed by atoms with Crippen molar-refractivity contribution in [3.05, 3.63) is 22.5 Å². The molecule has 0 radical (unpaired) electrons. The van der Waals surface area contributed by atoms with Crippen LogP contribution >= 0.6 is 0 Å². The highest BCUT2D eigenvalue weighted by molar-refractivity contribution is 6.74. The largest absolute Gasteiger partial charge is 0.456 e. The van der Waals surface area contributed by atoms with E-state index in [-0.39, 0.29) is 28.4 Å². The van der Waals surface area contributed by atoms with Gasteiger partial charge in [0.1, 0.15) is 11.3 Å². The Labute approximate surface area is 208 Å². The fourth-order valence-corrected chi connectivity index (χ4v) is 6.91. The van der Waals surface area contributed by atoms with Crippen LogP contribution in [0, 0.1) is 17.3 Å². The SMILES string of the molecule is CCC(CC)[C@@H]1C[C@H](O[Si](C)(C)C(C)(C)C)C(C)=C(C(=O)C2=C(C)OC(C)(C)OC2=O)C1(C)C. The lowest BCUT2D eigenvalue weighted by molar-refractivity contribution is -0.207. The molecule has 0 spiro atoms. The van der Waals surface area contributed by atoms with Crippen molar-refractivity contribution in [2.75, 3.05) is 0 Å². The molecule has 0 bridgehead atoms. The molecule has 2 rings (SSSR count). The summed E-state index contributed by atoms with van der Waals surface area (Å²) in [7, 11) is -2.09. The van der Waals surface area contributed by atoms with Crippen LogP contribution in [-0.2, 0) is 23.5 Å². The maximum absolute atomic E-state index is 14.1. The number of rotatable bonds is 7. The minimum absolute atomic E-state index is 0.0121. The van der Waals surface area contributed by atoms with Gasteiger partial charge in [0.25, 0.3) is 0 Å². The van der Waals surface area contributed by atoms with E-state index >= 15 is 0 Å². The maximum atomic E-state index is 14.1. The summed E-state index contributed by atoms with van der Waals surface area (Å²) < 4.78 is 18.2. The summed E-state index contributed by atoms with van der Waals surface area (Å²) in [4.78, 5) is 27.1. The van der Waals surface area contributed by atoms with E-state index in [1.165, 1.54) is 0 Å². The van der Waals surface area contributed by atoms with E-state index in [4.69, 9.17) is 13.9 Å². The van der Waals surface area contributed by atoms with Crippen LogP contribution in [0.1, 0.15) is 95.4 Å². The number of hydrogen-bond acceptors (Lipinski definition) is 5. The molecule has 0 saturated carbocycles. The number of cyclic esters (lactones) is 1. The Balaban J connectivity index is 2.69. The second-order valence-electron chi connectivity index (χ2n) is 12.7. The Hall–Kier alpha value is -1.40. The highest BCUT2D eigenvalue weighted by Gasteiger charge is 2.51. The Kier molecular flexibility index (Phi) is 8.11. The van der Waals surface area contributed by atoms with E-state index in [0.29, 0.717) is 17.3 Å². The van der Waals surface area contributed by atoms with Gasteiger partial charge in [0.2, 0.25) is 5.79 Å². The van der Waals surface area contributed by atoms with Gasteiger partial charge < -0.3 is 13.9 Å². The van der Waals surface area contributed by atoms with Crippen molar-refractivity contribution >= 4 is 20.1 Å². The minimum Gasteiger partial charge on any atom is -0.456 e. The molecule has 6 heteroatoms. The first-order valence-corrected chi connectivity index (χ1v) is 15.8. The summed E-state index contributed by atoms with van der Waals surface area (Å²) in [5, 5.41) is 0.0561. The van der Waals surface area contributed by atoms with E-state index < -0.39 is 25.5 Å². The maximum Gasteiger partial charge on any atom is 0.348 e. The summed E-state index contributed by atoms with van der Waals surface area (Å²) >= 11 is 0. The average Bonchev–Trinajstić information content (AvgIpc) is 2.63.